The van der Waals surface area contributed by atoms with Gasteiger partial charge in [0.1, 0.15) is 17.7 Å². The number of hydrogen-bond acceptors (Lipinski definition) is 5. The van der Waals surface area contributed by atoms with E-state index in [0.717, 1.165) is 4.90 Å². The van der Waals surface area contributed by atoms with Crippen molar-refractivity contribution in [2.24, 2.45) is 11.8 Å². The Bertz CT molecular complexity index is 1320. The second-order valence-electron chi connectivity index (χ2n) is 8.55. The van der Waals surface area contributed by atoms with Crippen LogP contribution >= 0.6 is 23.2 Å². The molecule has 0 spiro atoms. The molecule has 0 aliphatic carbocycles. The Kier molecular flexibility index (Phi) is 6.06. The van der Waals surface area contributed by atoms with Crippen LogP contribution in [0.4, 0.5) is 14.5 Å². The van der Waals surface area contributed by atoms with Gasteiger partial charge < -0.3 is 4.74 Å². The number of carbonyl (C=O) groups is 3. The SMILES string of the molecule is COC(=O)[C@@H]1NC(c2ccc(F)cc2)(c2ccc(F)cc2)[C@H]2C(=O)N(c3c(Cl)cccc3Cl)C(=O)[C@@H]12. The van der Waals surface area contributed by atoms with Crippen LogP contribution in [0.15, 0.2) is 66.7 Å². The Balaban J connectivity index is 1.79. The molecule has 0 aromatic heterocycles. The second kappa shape index (κ2) is 8.96. The van der Waals surface area contributed by atoms with Gasteiger partial charge in [-0.15, -0.1) is 0 Å². The number of nitrogens with zero attached hydrogens (tertiary/aromatic N) is 1. The summed E-state index contributed by atoms with van der Waals surface area (Å²) in [5.74, 6) is -5.61. The van der Waals surface area contributed by atoms with Crippen LogP contribution in [0.2, 0.25) is 10.0 Å². The average Bonchev–Trinajstić information content (AvgIpc) is 3.35. The van der Waals surface area contributed by atoms with Gasteiger partial charge in [-0.3, -0.25) is 19.7 Å². The van der Waals surface area contributed by atoms with E-state index in [-0.39, 0.29) is 15.7 Å². The minimum Gasteiger partial charge on any atom is -0.468 e. The molecule has 2 saturated heterocycles. The number of benzene rings is 3. The lowest BCUT2D eigenvalue weighted by Gasteiger charge is -2.36. The van der Waals surface area contributed by atoms with Crippen molar-refractivity contribution in [3.63, 3.8) is 0 Å². The van der Waals surface area contributed by atoms with Crippen molar-refractivity contribution >= 4 is 46.7 Å². The summed E-state index contributed by atoms with van der Waals surface area (Å²) in [6, 6.07) is 13.9. The lowest BCUT2D eigenvalue weighted by Crippen LogP contribution is -2.52. The molecule has 2 fully saturated rings. The Labute approximate surface area is 214 Å². The third kappa shape index (κ3) is 3.51. The van der Waals surface area contributed by atoms with E-state index in [1.807, 2.05) is 0 Å². The molecule has 0 radical (unpaired) electrons. The molecule has 3 atom stereocenters. The number of para-hydroxylation sites is 1. The molecule has 2 amide bonds. The van der Waals surface area contributed by atoms with Gasteiger partial charge in [-0.25, -0.2) is 13.7 Å². The van der Waals surface area contributed by atoms with Gasteiger partial charge in [0.15, 0.2) is 0 Å². The summed E-state index contributed by atoms with van der Waals surface area (Å²) in [6.07, 6.45) is 0. The highest BCUT2D eigenvalue weighted by Gasteiger charge is 2.68. The molecule has 0 saturated carbocycles. The van der Waals surface area contributed by atoms with E-state index in [1.54, 1.807) is 6.07 Å². The molecular weight excluding hydrogens is 513 g/mol. The van der Waals surface area contributed by atoms with Gasteiger partial charge >= 0.3 is 5.97 Å². The van der Waals surface area contributed by atoms with Crippen molar-refractivity contribution < 1.29 is 27.9 Å². The number of ether oxygens (including phenoxy) is 1. The van der Waals surface area contributed by atoms with Crippen molar-refractivity contribution in [2.45, 2.75) is 11.6 Å². The van der Waals surface area contributed by atoms with E-state index in [0.29, 0.717) is 11.1 Å². The van der Waals surface area contributed by atoms with E-state index in [1.165, 1.54) is 67.8 Å². The summed E-state index contributed by atoms with van der Waals surface area (Å²) < 4.78 is 32.7. The topological polar surface area (TPSA) is 75.7 Å². The van der Waals surface area contributed by atoms with E-state index in [4.69, 9.17) is 27.9 Å². The molecule has 184 valence electrons. The molecule has 36 heavy (non-hydrogen) atoms. The molecule has 10 heteroatoms. The predicted molar refractivity (Wildman–Crippen MR) is 128 cm³/mol. The number of esters is 1. The lowest BCUT2D eigenvalue weighted by atomic mass is 9.71. The van der Waals surface area contributed by atoms with Crippen molar-refractivity contribution in [2.75, 3.05) is 12.0 Å². The number of hydrogen-bond donors (Lipinski definition) is 1. The Morgan fingerprint density at radius 3 is 1.86 bits per heavy atom. The van der Waals surface area contributed by atoms with Gasteiger partial charge in [0.05, 0.1) is 40.2 Å². The van der Waals surface area contributed by atoms with Gasteiger partial charge in [-0.2, -0.15) is 0 Å². The molecular formula is C26H18Cl2F2N2O4. The average molecular weight is 531 g/mol. The van der Waals surface area contributed by atoms with Crippen LogP contribution < -0.4 is 10.2 Å². The van der Waals surface area contributed by atoms with Gasteiger partial charge in [-0.05, 0) is 47.5 Å². The zero-order valence-corrected chi connectivity index (χ0v) is 20.2. The van der Waals surface area contributed by atoms with Crippen LogP contribution in [0.3, 0.4) is 0 Å². The molecule has 0 unspecified atom stereocenters. The number of fused-ring (bicyclic) bond motifs is 1. The quantitative estimate of drug-likeness (QED) is 0.398. The summed E-state index contributed by atoms with van der Waals surface area (Å²) in [4.78, 5) is 41.7. The maximum absolute atomic E-state index is 14.1. The van der Waals surface area contributed by atoms with Crippen LogP contribution in [0, 0.1) is 23.5 Å². The first-order chi connectivity index (χ1) is 17.2. The Morgan fingerprint density at radius 1 is 0.889 bits per heavy atom. The molecule has 5 rings (SSSR count). The first kappa shape index (κ1) is 24.4. The maximum Gasteiger partial charge on any atom is 0.323 e. The molecule has 2 heterocycles. The number of carbonyl (C=O) groups excluding carboxylic acids is 3. The monoisotopic (exact) mass is 530 g/mol. The fourth-order valence-corrected chi connectivity index (χ4v) is 5.85. The number of imide groups is 1. The molecule has 0 bridgehead atoms. The summed E-state index contributed by atoms with van der Waals surface area (Å²) in [6.45, 7) is 0. The van der Waals surface area contributed by atoms with E-state index in [2.05, 4.69) is 5.32 Å². The summed E-state index contributed by atoms with van der Waals surface area (Å²) in [5.41, 5.74) is -0.726. The second-order valence-corrected chi connectivity index (χ2v) is 9.37. The van der Waals surface area contributed by atoms with Gasteiger partial charge in [-0.1, -0.05) is 53.5 Å². The smallest absolute Gasteiger partial charge is 0.323 e. The number of methoxy groups -OCH3 is 1. The van der Waals surface area contributed by atoms with E-state index in [9.17, 15) is 23.2 Å². The highest BCUT2D eigenvalue weighted by molar-refractivity contribution is 6.42. The zero-order valence-electron chi connectivity index (χ0n) is 18.7. The molecule has 6 nitrogen and oxygen atoms in total. The minimum absolute atomic E-state index is 0.000890. The third-order valence-corrected chi connectivity index (χ3v) is 7.39. The number of rotatable bonds is 4. The first-order valence-electron chi connectivity index (χ1n) is 10.9. The molecule has 3 aromatic rings. The lowest BCUT2D eigenvalue weighted by molar-refractivity contribution is -0.145. The van der Waals surface area contributed by atoms with Crippen molar-refractivity contribution in [3.8, 4) is 0 Å². The van der Waals surface area contributed by atoms with Crippen LogP contribution in [0.25, 0.3) is 0 Å². The fourth-order valence-electron chi connectivity index (χ4n) is 5.28. The van der Waals surface area contributed by atoms with Crippen LogP contribution in [-0.2, 0) is 24.7 Å². The molecule has 1 N–H and O–H groups in total. The van der Waals surface area contributed by atoms with Gasteiger partial charge in [0.25, 0.3) is 0 Å². The highest BCUT2D eigenvalue weighted by Crippen LogP contribution is 2.53. The van der Waals surface area contributed by atoms with Crippen LogP contribution in [0.5, 0.6) is 0 Å². The number of anilines is 1. The van der Waals surface area contributed by atoms with E-state index >= 15 is 0 Å². The Hall–Kier alpha value is -3.33. The number of halogens is 4. The molecule has 2 aliphatic rings. The van der Waals surface area contributed by atoms with Crippen molar-refractivity contribution in [1.82, 2.24) is 5.32 Å². The normalized spacial score (nSPS) is 22.6. The molecule has 2 aliphatic heterocycles. The molecule has 3 aromatic carbocycles. The standard InChI is InChI=1S/C26H18Cl2F2N2O4/c1-36-25(35)21-19-20(24(34)32(23(19)33)22-17(27)3-2-4-18(22)28)26(31-21,13-5-9-15(29)10-6-13)14-7-11-16(30)12-8-14/h2-12,19-21,31H,1H3/t19-,20-,21-/m1/s1. The van der Waals surface area contributed by atoms with Gasteiger partial charge in [0, 0.05) is 0 Å². The summed E-state index contributed by atoms with van der Waals surface area (Å²) in [7, 11) is 1.17. The van der Waals surface area contributed by atoms with Crippen LogP contribution in [0.1, 0.15) is 11.1 Å². The summed E-state index contributed by atoms with van der Waals surface area (Å²) >= 11 is 12.7. The van der Waals surface area contributed by atoms with Crippen LogP contribution in [-0.4, -0.2) is 30.9 Å². The largest absolute Gasteiger partial charge is 0.468 e. The van der Waals surface area contributed by atoms with Crippen molar-refractivity contribution in [1.29, 1.82) is 0 Å². The highest BCUT2D eigenvalue weighted by atomic mass is 35.5. The summed E-state index contributed by atoms with van der Waals surface area (Å²) in [5, 5.41) is 3.28. The number of nitrogens with one attached hydrogen (secondary N) is 1. The first-order valence-corrected chi connectivity index (χ1v) is 11.7. The predicted octanol–water partition coefficient (Wildman–Crippen LogP) is 4.47. The third-order valence-electron chi connectivity index (χ3n) is 6.78. The fraction of sp³-hybridized carbons (Fsp3) is 0.192. The zero-order chi connectivity index (χ0) is 25.8. The van der Waals surface area contributed by atoms with E-state index < -0.39 is 52.8 Å². The van der Waals surface area contributed by atoms with Gasteiger partial charge in [0.2, 0.25) is 11.8 Å². The van der Waals surface area contributed by atoms with Crippen molar-refractivity contribution in [3.05, 3.63) is 99.5 Å². The Morgan fingerprint density at radius 2 is 1.39 bits per heavy atom. The minimum atomic E-state index is -1.51. The maximum atomic E-state index is 14.1. The number of amides is 2.